The molecule has 0 saturated heterocycles. The molecule has 3 heterocycles. The molecule has 0 unspecified atom stereocenters. The molecule has 0 saturated carbocycles. The number of fused-ring (bicyclic) bond motifs is 5. The smallest absolute Gasteiger partial charge is 0.152 e. The molecule has 2 aromatic heterocycles. The molecule has 4 aromatic rings. The number of benzene rings is 2. The molecule has 1 aliphatic rings. The fraction of sp³-hybridized carbons (Fsp3) is 0.304. The SMILES string of the molecule is CC(C)[C@H]1COCc2nc3c(N)nc4ccc(OCc5ccccc5)cc4c3n21. The summed E-state index contributed by atoms with van der Waals surface area (Å²) in [4.78, 5) is 9.35. The summed E-state index contributed by atoms with van der Waals surface area (Å²) in [6.07, 6.45) is 0. The van der Waals surface area contributed by atoms with Gasteiger partial charge in [-0.3, -0.25) is 0 Å². The molecular formula is C23H24N4O2. The van der Waals surface area contributed by atoms with Crippen LogP contribution in [-0.4, -0.2) is 21.1 Å². The molecule has 29 heavy (non-hydrogen) atoms. The molecule has 0 bridgehead atoms. The number of hydrogen-bond acceptors (Lipinski definition) is 5. The van der Waals surface area contributed by atoms with Gasteiger partial charge in [0.25, 0.3) is 0 Å². The third-order valence-corrected chi connectivity index (χ3v) is 5.56. The predicted molar refractivity (Wildman–Crippen MR) is 114 cm³/mol. The first-order valence-electron chi connectivity index (χ1n) is 9.96. The van der Waals surface area contributed by atoms with Gasteiger partial charge in [-0.1, -0.05) is 44.2 Å². The van der Waals surface area contributed by atoms with Crippen LogP contribution in [0.5, 0.6) is 5.75 Å². The Morgan fingerprint density at radius 3 is 2.79 bits per heavy atom. The van der Waals surface area contributed by atoms with Crippen LogP contribution < -0.4 is 10.5 Å². The molecule has 0 amide bonds. The minimum absolute atomic E-state index is 0.211. The van der Waals surface area contributed by atoms with Gasteiger partial charge in [0, 0.05) is 5.39 Å². The van der Waals surface area contributed by atoms with Gasteiger partial charge >= 0.3 is 0 Å². The van der Waals surface area contributed by atoms with Crippen molar-refractivity contribution in [2.75, 3.05) is 12.3 Å². The summed E-state index contributed by atoms with van der Waals surface area (Å²) < 4.78 is 14.2. The molecule has 2 aromatic carbocycles. The van der Waals surface area contributed by atoms with E-state index in [2.05, 4.69) is 41.6 Å². The summed E-state index contributed by atoms with van der Waals surface area (Å²) >= 11 is 0. The minimum Gasteiger partial charge on any atom is -0.489 e. The Hall–Kier alpha value is -3.12. The fourth-order valence-electron chi connectivity index (χ4n) is 4.03. The van der Waals surface area contributed by atoms with E-state index in [-0.39, 0.29) is 6.04 Å². The third kappa shape index (κ3) is 3.09. The average molecular weight is 388 g/mol. The molecule has 1 aliphatic heterocycles. The number of aromatic nitrogens is 3. The summed E-state index contributed by atoms with van der Waals surface area (Å²) in [5.74, 6) is 2.57. The highest BCUT2D eigenvalue weighted by Gasteiger charge is 2.28. The number of hydrogen-bond donors (Lipinski definition) is 1. The summed E-state index contributed by atoms with van der Waals surface area (Å²) in [6.45, 7) is 6.09. The van der Waals surface area contributed by atoms with E-state index in [1.54, 1.807) is 0 Å². The van der Waals surface area contributed by atoms with E-state index < -0.39 is 0 Å². The van der Waals surface area contributed by atoms with Crippen molar-refractivity contribution in [2.24, 2.45) is 5.92 Å². The molecule has 6 nitrogen and oxygen atoms in total. The number of ether oxygens (including phenoxy) is 2. The molecule has 2 N–H and O–H groups in total. The van der Waals surface area contributed by atoms with Gasteiger partial charge in [-0.15, -0.1) is 0 Å². The van der Waals surface area contributed by atoms with Gasteiger partial charge in [-0.2, -0.15) is 0 Å². The largest absolute Gasteiger partial charge is 0.489 e. The first-order valence-corrected chi connectivity index (χ1v) is 9.96. The number of imidazole rings is 1. The number of pyridine rings is 1. The lowest BCUT2D eigenvalue weighted by molar-refractivity contribution is 0.0418. The molecule has 0 radical (unpaired) electrons. The van der Waals surface area contributed by atoms with Crippen LogP contribution in [0.25, 0.3) is 21.9 Å². The zero-order valence-electron chi connectivity index (χ0n) is 16.6. The van der Waals surface area contributed by atoms with Crippen LogP contribution in [0.4, 0.5) is 5.82 Å². The van der Waals surface area contributed by atoms with Crippen molar-refractivity contribution < 1.29 is 9.47 Å². The van der Waals surface area contributed by atoms with Crippen LogP contribution >= 0.6 is 0 Å². The number of nitrogen functional groups attached to an aromatic ring is 1. The molecule has 6 heteroatoms. The first-order chi connectivity index (χ1) is 14.1. The second-order valence-corrected chi connectivity index (χ2v) is 7.87. The maximum Gasteiger partial charge on any atom is 0.152 e. The van der Waals surface area contributed by atoms with Crippen molar-refractivity contribution in [2.45, 2.75) is 33.1 Å². The second-order valence-electron chi connectivity index (χ2n) is 7.87. The van der Waals surface area contributed by atoms with Gasteiger partial charge in [0.05, 0.1) is 23.7 Å². The van der Waals surface area contributed by atoms with Crippen molar-refractivity contribution >= 4 is 27.8 Å². The van der Waals surface area contributed by atoms with Crippen LogP contribution in [0, 0.1) is 5.92 Å². The third-order valence-electron chi connectivity index (χ3n) is 5.56. The van der Waals surface area contributed by atoms with Crippen LogP contribution in [0.2, 0.25) is 0 Å². The number of nitrogens with two attached hydrogens (primary N) is 1. The molecule has 148 valence electrons. The van der Waals surface area contributed by atoms with Crippen LogP contribution in [0.3, 0.4) is 0 Å². The number of rotatable bonds is 4. The van der Waals surface area contributed by atoms with E-state index in [1.807, 2.05) is 30.3 Å². The normalized spacial score (nSPS) is 16.4. The zero-order valence-corrected chi connectivity index (χ0v) is 16.6. The predicted octanol–water partition coefficient (Wildman–Crippen LogP) is 4.47. The van der Waals surface area contributed by atoms with E-state index in [1.165, 1.54) is 0 Å². The molecule has 1 atom stereocenters. The number of anilines is 1. The van der Waals surface area contributed by atoms with Crippen molar-refractivity contribution in [3.8, 4) is 5.75 Å². The Morgan fingerprint density at radius 1 is 1.17 bits per heavy atom. The quantitative estimate of drug-likeness (QED) is 0.558. The summed E-state index contributed by atoms with van der Waals surface area (Å²) in [5.41, 5.74) is 10.0. The fourth-order valence-corrected chi connectivity index (χ4v) is 4.03. The standard InChI is InChI=1S/C23H24N4O2/c1-14(2)19-12-28-13-20-26-21-22(27(19)20)17-10-16(8-9-18(17)25-23(21)24)29-11-15-6-4-3-5-7-15/h3-10,14,19H,11-13H2,1-2H3,(H2,24,25)/t19-/m1/s1. The zero-order chi connectivity index (χ0) is 20.0. The molecule has 0 aliphatic carbocycles. The van der Waals surface area contributed by atoms with Gasteiger partial charge in [-0.05, 0) is 29.7 Å². The van der Waals surface area contributed by atoms with Crippen LogP contribution in [0.1, 0.15) is 31.3 Å². The van der Waals surface area contributed by atoms with Crippen molar-refractivity contribution in [3.63, 3.8) is 0 Å². The molecular weight excluding hydrogens is 364 g/mol. The van der Waals surface area contributed by atoms with Crippen molar-refractivity contribution in [1.29, 1.82) is 0 Å². The summed E-state index contributed by atoms with van der Waals surface area (Å²) in [6, 6.07) is 16.3. The first kappa shape index (κ1) is 17.9. The Labute approximate surface area is 169 Å². The monoisotopic (exact) mass is 388 g/mol. The van der Waals surface area contributed by atoms with Gasteiger partial charge in [0.2, 0.25) is 0 Å². The summed E-state index contributed by atoms with van der Waals surface area (Å²) in [7, 11) is 0. The molecule has 0 fully saturated rings. The summed E-state index contributed by atoms with van der Waals surface area (Å²) in [5, 5.41) is 1.01. The highest BCUT2D eigenvalue weighted by molar-refractivity contribution is 6.07. The lowest BCUT2D eigenvalue weighted by atomic mass is 10.0. The highest BCUT2D eigenvalue weighted by Crippen LogP contribution is 2.36. The maximum atomic E-state index is 6.27. The van der Waals surface area contributed by atoms with Gasteiger partial charge in [0.15, 0.2) is 5.82 Å². The van der Waals surface area contributed by atoms with Crippen molar-refractivity contribution in [3.05, 3.63) is 59.9 Å². The number of nitrogens with zero attached hydrogens (tertiary/aromatic N) is 3. The van der Waals surface area contributed by atoms with E-state index in [0.717, 1.165) is 39.1 Å². The Morgan fingerprint density at radius 2 is 2.00 bits per heavy atom. The van der Waals surface area contributed by atoms with Crippen LogP contribution in [0.15, 0.2) is 48.5 Å². The van der Waals surface area contributed by atoms with E-state index >= 15 is 0 Å². The Bertz CT molecular complexity index is 1180. The second kappa shape index (κ2) is 7.04. The van der Waals surface area contributed by atoms with E-state index in [4.69, 9.17) is 20.2 Å². The Kier molecular flexibility index (Phi) is 4.36. The van der Waals surface area contributed by atoms with Gasteiger partial charge < -0.3 is 19.8 Å². The Balaban J connectivity index is 1.65. The van der Waals surface area contributed by atoms with Crippen molar-refractivity contribution in [1.82, 2.24) is 14.5 Å². The van der Waals surface area contributed by atoms with E-state index in [9.17, 15) is 0 Å². The lowest BCUT2D eigenvalue weighted by Gasteiger charge is -2.29. The van der Waals surface area contributed by atoms with Gasteiger partial charge in [0.1, 0.15) is 30.3 Å². The lowest BCUT2D eigenvalue weighted by Crippen LogP contribution is -2.27. The van der Waals surface area contributed by atoms with Crippen LogP contribution in [-0.2, 0) is 18.0 Å². The molecule has 0 spiro atoms. The van der Waals surface area contributed by atoms with Gasteiger partial charge in [-0.25, -0.2) is 9.97 Å². The maximum absolute atomic E-state index is 6.27. The van der Waals surface area contributed by atoms with E-state index in [0.29, 0.717) is 31.6 Å². The average Bonchev–Trinajstić information content (AvgIpc) is 3.14. The minimum atomic E-state index is 0.211. The topological polar surface area (TPSA) is 75.2 Å². The molecule has 5 rings (SSSR count). The highest BCUT2D eigenvalue weighted by atomic mass is 16.5.